The minimum Gasteiger partial charge on any atom is -0.497 e. The van der Waals surface area contributed by atoms with Crippen LogP contribution in [0, 0.1) is 0 Å². The Labute approximate surface area is 128 Å². The topological polar surface area (TPSA) is 89.0 Å². The number of hydrogen-bond acceptors (Lipinski definition) is 6. The van der Waals surface area contributed by atoms with Crippen LogP contribution in [0.1, 0.15) is 19.8 Å². The molecule has 2 rings (SSSR count). The zero-order valence-electron chi connectivity index (χ0n) is 12.8. The van der Waals surface area contributed by atoms with Crippen molar-refractivity contribution in [2.24, 2.45) is 5.10 Å². The molecule has 0 aromatic heterocycles. The maximum absolute atomic E-state index is 12.3. The van der Waals surface area contributed by atoms with Gasteiger partial charge in [0.15, 0.2) is 5.78 Å². The summed E-state index contributed by atoms with van der Waals surface area (Å²) in [6.45, 7) is 1.76. The molecule has 1 amide bonds. The number of ether oxygens (including phenoxy) is 2. The Bertz CT molecular complexity index is 613. The maximum Gasteiger partial charge on any atom is 0.249 e. The van der Waals surface area contributed by atoms with Crippen molar-refractivity contribution in [3.05, 3.63) is 18.2 Å². The summed E-state index contributed by atoms with van der Waals surface area (Å²) in [5.41, 5.74) is 3.60. The number of amides is 1. The van der Waals surface area contributed by atoms with Crippen molar-refractivity contribution in [3.63, 3.8) is 0 Å². The number of carbonyl (C=O) groups is 2. The summed E-state index contributed by atoms with van der Waals surface area (Å²) >= 11 is 0. The minimum atomic E-state index is -0.568. The lowest BCUT2D eigenvalue weighted by atomic mass is 10.1. The Hall–Kier alpha value is -2.57. The monoisotopic (exact) mass is 305 g/mol. The Kier molecular flexibility index (Phi) is 4.98. The first-order valence-electron chi connectivity index (χ1n) is 6.97. The van der Waals surface area contributed by atoms with E-state index in [2.05, 4.69) is 15.8 Å². The minimum absolute atomic E-state index is 0.0539. The van der Waals surface area contributed by atoms with Crippen LogP contribution in [-0.4, -0.2) is 37.7 Å². The molecular formula is C15H19N3O4. The van der Waals surface area contributed by atoms with Crippen molar-refractivity contribution in [1.29, 1.82) is 0 Å². The van der Waals surface area contributed by atoms with Crippen LogP contribution in [0.2, 0.25) is 0 Å². The van der Waals surface area contributed by atoms with Crippen molar-refractivity contribution in [3.8, 4) is 11.5 Å². The van der Waals surface area contributed by atoms with Crippen LogP contribution in [0.15, 0.2) is 23.3 Å². The summed E-state index contributed by atoms with van der Waals surface area (Å²) in [4.78, 5) is 23.9. The Balaban J connectivity index is 2.06. The molecule has 0 bridgehead atoms. The van der Waals surface area contributed by atoms with Gasteiger partial charge in [-0.05, 0) is 12.1 Å². The number of methoxy groups -OCH3 is 2. The fraction of sp³-hybridized carbons (Fsp3) is 0.400. The van der Waals surface area contributed by atoms with E-state index in [1.165, 1.54) is 7.11 Å². The Morgan fingerprint density at radius 3 is 2.77 bits per heavy atom. The highest BCUT2D eigenvalue weighted by Gasteiger charge is 2.28. The second-order valence-electron chi connectivity index (χ2n) is 4.78. The van der Waals surface area contributed by atoms with Crippen LogP contribution in [-0.2, 0) is 9.59 Å². The van der Waals surface area contributed by atoms with Gasteiger partial charge in [0.2, 0.25) is 5.91 Å². The predicted molar refractivity (Wildman–Crippen MR) is 82.4 cm³/mol. The molecule has 1 atom stereocenters. The molecule has 0 aliphatic carbocycles. The summed E-state index contributed by atoms with van der Waals surface area (Å²) in [5, 5.41) is 6.69. The number of rotatable bonds is 6. The second kappa shape index (κ2) is 6.93. The molecule has 0 spiro atoms. The van der Waals surface area contributed by atoms with E-state index in [0.717, 1.165) is 0 Å². The maximum atomic E-state index is 12.3. The summed E-state index contributed by atoms with van der Waals surface area (Å²) in [5.74, 6) is 0.794. The van der Waals surface area contributed by atoms with Crippen molar-refractivity contribution >= 4 is 23.1 Å². The molecule has 0 fully saturated rings. The van der Waals surface area contributed by atoms with Gasteiger partial charge < -0.3 is 14.8 Å². The van der Waals surface area contributed by atoms with E-state index in [1.54, 1.807) is 32.2 Å². The molecule has 2 N–H and O–H groups in total. The fourth-order valence-electron chi connectivity index (χ4n) is 2.10. The number of ketones is 1. The average molecular weight is 305 g/mol. The number of hydrogen-bond donors (Lipinski definition) is 2. The highest BCUT2D eigenvalue weighted by molar-refractivity contribution is 6.40. The fourth-order valence-corrected chi connectivity index (χ4v) is 2.10. The van der Waals surface area contributed by atoms with E-state index in [4.69, 9.17) is 9.47 Å². The number of hydrazone groups is 1. The van der Waals surface area contributed by atoms with Crippen LogP contribution in [0.4, 0.5) is 5.69 Å². The summed E-state index contributed by atoms with van der Waals surface area (Å²) < 4.78 is 10.3. The Morgan fingerprint density at radius 2 is 2.14 bits per heavy atom. The average Bonchev–Trinajstić information content (AvgIpc) is 3.04. The molecule has 7 nitrogen and oxygen atoms in total. The third-order valence-electron chi connectivity index (χ3n) is 3.38. The van der Waals surface area contributed by atoms with Crippen molar-refractivity contribution in [2.75, 3.05) is 19.5 Å². The molecule has 0 saturated heterocycles. The second-order valence-corrected chi connectivity index (χ2v) is 4.78. The number of benzene rings is 1. The third kappa shape index (κ3) is 3.36. The number of nitrogens with zero attached hydrogens (tertiary/aromatic N) is 1. The van der Waals surface area contributed by atoms with Gasteiger partial charge in [0, 0.05) is 18.9 Å². The van der Waals surface area contributed by atoms with Gasteiger partial charge in [-0.25, -0.2) is 0 Å². The van der Waals surface area contributed by atoms with Gasteiger partial charge in [-0.3, -0.25) is 15.0 Å². The van der Waals surface area contributed by atoms with E-state index in [-0.39, 0.29) is 18.1 Å². The van der Waals surface area contributed by atoms with Gasteiger partial charge in [0.05, 0.1) is 19.9 Å². The van der Waals surface area contributed by atoms with Crippen LogP contribution >= 0.6 is 0 Å². The van der Waals surface area contributed by atoms with Crippen molar-refractivity contribution in [1.82, 2.24) is 5.43 Å². The first-order chi connectivity index (χ1) is 10.6. The molecule has 1 unspecified atom stereocenters. The molecule has 7 heteroatoms. The van der Waals surface area contributed by atoms with Crippen LogP contribution in [0.25, 0.3) is 0 Å². The smallest absolute Gasteiger partial charge is 0.249 e. The van der Waals surface area contributed by atoms with E-state index >= 15 is 0 Å². The first-order valence-corrected chi connectivity index (χ1v) is 6.97. The van der Waals surface area contributed by atoms with E-state index < -0.39 is 6.04 Å². The van der Waals surface area contributed by atoms with Crippen LogP contribution in [0.3, 0.4) is 0 Å². The largest absolute Gasteiger partial charge is 0.497 e. The molecule has 1 heterocycles. The van der Waals surface area contributed by atoms with Gasteiger partial charge in [0.25, 0.3) is 0 Å². The van der Waals surface area contributed by atoms with Crippen LogP contribution in [0.5, 0.6) is 11.5 Å². The van der Waals surface area contributed by atoms with Crippen molar-refractivity contribution in [2.45, 2.75) is 25.8 Å². The highest BCUT2D eigenvalue weighted by atomic mass is 16.5. The number of Topliss-reactive ketones (excluding diaryl/α,β-unsaturated/α-hetero) is 1. The normalized spacial score (nSPS) is 16.5. The van der Waals surface area contributed by atoms with Crippen molar-refractivity contribution < 1.29 is 19.1 Å². The molecule has 22 heavy (non-hydrogen) atoms. The SMILES string of the molecule is CCC(=O)C1=NNC(C(=O)Nc2cc(OC)ccc2OC)C1. The molecule has 1 aromatic carbocycles. The molecule has 1 aliphatic rings. The van der Waals surface area contributed by atoms with E-state index in [9.17, 15) is 9.59 Å². The molecular weight excluding hydrogens is 286 g/mol. The molecule has 1 aliphatic heterocycles. The number of anilines is 1. The molecule has 0 radical (unpaired) electrons. The standard InChI is InChI=1S/C15H19N3O4/c1-4-13(19)10-8-12(18-17-10)15(20)16-11-7-9(21-2)5-6-14(11)22-3/h5-7,12,18H,4,8H2,1-3H3,(H,16,20). The summed E-state index contributed by atoms with van der Waals surface area (Å²) in [6.07, 6.45) is 0.656. The van der Waals surface area contributed by atoms with E-state index in [1.807, 2.05) is 0 Å². The summed E-state index contributed by atoms with van der Waals surface area (Å²) in [7, 11) is 3.06. The Morgan fingerprint density at radius 1 is 1.36 bits per heavy atom. The summed E-state index contributed by atoms with van der Waals surface area (Å²) in [6, 6.07) is 4.55. The van der Waals surface area contributed by atoms with Gasteiger partial charge in [-0.1, -0.05) is 6.92 Å². The first kappa shape index (κ1) is 15.8. The third-order valence-corrected chi connectivity index (χ3v) is 3.38. The van der Waals surface area contributed by atoms with Crippen LogP contribution < -0.4 is 20.2 Å². The zero-order chi connectivity index (χ0) is 16.1. The molecule has 118 valence electrons. The lowest BCUT2D eigenvalue weighted by molar-refractivity contribution is -0.117. The molecule has 1 aromatic rings. The lowest BCUT2D eigenvalue weighted by Crippen LogP contribution is -2.35. The lowest BCUT2D eigenvalue weighted by Gasteiger charge is -2.14. The zero-order valence-corrected chi connectivity index (χ0v) is 12.8. The number of carbonyl (C=O) groups excluding carboxylic acids is 2. The van der Waals surface area contributed by atoms with Gasteiger partial charge >= 0.3 is 0 Å². The van der Waals surface area contributed by atoms with Gasteiger partial charge in [-0.15, -0.1) is 0 Å². The van der Waals surface area contributed by atoms with Gasteiger partial charge in [-0.2, -0.15) is 5.10 Å². The highest BCUT2D eigenvalue weighted by Crippen LogP contribution is 2.29. The van der Waals surface area contributed by atoms with E-state index in [0.29, 0.717) is 29.3 Å². The predicted octanol–water partition coefficient (Wildman–Crippen LogP) is 1.34. The quantitative estimate of drug-likeness (QED) is 0.828. The van der Waals surface area contributed by atoms with Gasteiger partial charge in [0.1, 0.15) is 23.3 Å². The molecule has 0 saturated carbocycles. The number of nitrogens with one attached hydrogen (secondary N) is 2.